The molecule has 0 bridgehead atoms. The smallest absolute Gasteiger partial charge is 0.144 e. The molecular weight excluding hydrogens is 243 g/mol. The number of nitrogen functional groups attached to an aromatic ring is 1. The summed E-state index contributed by atoms with van der Waals surface area (Å²) in [5, 5.41) is 12.0. The third-order valence-electron chi connectivity index (χ3n) is 2.67. The van der Waals surface area contributed by atoms with Gasteiger partial charge in [-0.05, 0) is 24.1 Å². The van der Waals surface area contributed by atoms with Gasteiger partial charge in [0.1, 0.15) is 17.7 Å². The summed E-state index contributed by atoms with van der Waals surface area (Å²) in [7, 11) is 0. The Kier molecular flexibility index (Phi) is 3.94. The number of benzene rings is 1. The molecule has 19 heavy (non-hydrogen) atoms. The Morgan fingerprint density at radius 2 is 2.16 bits per heavy atom. The first-order chi connectivity index (χ1) is 9.20. The lowest BCUT2D eigenvalue weighted by Crippen LogP contribution is -2.09. The minimum Gasteiger partial charge on any atom is -0.397 e. The molecule has 3 N–H and O–H groups in total. The lowest BCUT2D eigenvalue weighted by atomic mass is 10.1. The van der Waals surface area contributed by atoms with Gasteiger partial charge in [0.05, 0.1) is 17.4 Å². The molecular formula is C14H13FN4. The fraction of sp³-hybridized carbons (Fsp3) is 0.143. The number of aromatic nitrogens is 1. The molecule has 1 aromatic carbocycles. The Morgan fingerprint density at radius 3 is 2.89 bits per heavy atom. The van der Waals surface area contributed by atoms with Crippen molar-refractivity contribution in [1.29, 1.82) is 5.26 Å². The topological polar surface area (TPSA) is 74.7 Å². The first-order valence-corrected chi connectivity index (χ1v) is 5.83. The number of pyridine rings is 1. The Balaban J connectivity index is 2.01. The number of rotatable bonds is 4. The van der Waals surface area contributed by atoms with E-state index in [1.165, 1.54) is 12.3 Å². The summed E-state index contributed by atoms with van der Waals surface area (Å²) in [6.07, 6.45) is 2.00. The van der Waals surface area contributed by atoms with Gasteiger partial charge < -0.3 is 11.1 Å². The van der Waals surface area contributed by atoms with Crippen LogP contribution < -0.4 is 11.1 Å². The predicted molar refractivity (Wildman–Crippen MR) is 72.0 cm³/mol. The molecule has 0 unspecified atom stereocenters. The van der Waals surface area contributed by atoms with Crippen LogP contribution in [0.15, 0.2) is 36.5 Å². The summed E-state index contributed by atoms with van der Waals surface area (Å²) < 4.78 is 13.4. The second-order valence-electron chi connectivity index (χ2n) is 4.04. The quantitative estimate of drug-likeness (QED) is 0.880. The van der Waals surface area contributed by atoms with E-state index in [0.29, 0.717) is 35.6 Å². The lowest BCUT2D eigenvalue weighted by molar-refractivity contribution is 0.610. The molecule has 2 rings (SSSR count). The molecule has 0 aliphatic carbocycles. The Bertz CT molecular complexity index is 619. The van der Waals surface area contributed by atoms with Crippen molar-refractivity contribution < 1.29 is 4.39 Å². The number of hydrogen-bond acceptors (Lipinski definition) is 4. The van der Waals surface area contributed by atoms with Crippen LogP contribution in [-0.4, -0.2) is 11.5 Å². The standard InChI is InChI=1S/C14H13FN4/c15-13-4-2-1-3-10(13)5-6-18-14-11(8-16)7-12(17)9-19-14/h1-4,7,9H,5-6,17H2,(H,18,19). The Labute approximate surface area is 110 Å². The van der Waals surface area contributed by atoms with E-state index >= 15 is 0 Å². The Hall–Kier alpha value is -2.61. The zero-order valence-electron chi connectivity index (χ0n) is 10.2. The van der Waals surface area contributed by atoms with Crippen molar-refractivity contribution in [3.8, 4) is 6.07 Å². The molecule has 96 valence electrons. The average molecular weight is 256 g/mol. The highest BCUT2D eigenvalue weighted by molar-refractivity contribution is 5.57. The van der Waals surface area contributed by atoms with E-state index in [9.17, 15) is 4.39 Å². The normalized spacial score (nSPS) is 9.89. The largest absolute Gasteiger partial charge is 0.397 e. The first-order valence-electron chi connectivity index (χ1n) is 5.83. The van der Waals surface area contributed by atoms with Gasteiger partial charge in [-0.25, -0.2) is 9.37 Å². The SMILES string of the molecule is N#Cc1cc(N)cnc1NCCc1ccccc1F. The number of nitriles is 1. The van der Waals surface area contributed by atoms with E-state index in [2.05, 4.69) is 10.3 Å². The van der Waals surface area contributed by atoms with Crippen molar-refractivity contribution >= 4 is 11.5 Å². The molecule has 0 atom stereocenters. The maximum Gasteiger partial charge on any atom is 0.144 e. The molecule has 0 radical (unpaired) electrons. The van der Waals surface area contributed by atoms with Crippen LogP contribution in [0.5, 0.6) is 0 Å². The van der Waals surface area contributed by atoms with Crippen LogP contribution in [-0.2, 0) is 6.42 Å². The van der Waals surface area contributed by atoms with Crippen molar-refractivity contribution in [1.82, 2.24) is 4.98 Å². The molecule has 0 amide bonds. The molecule has 2 aromatic rings. The number of halogens is 1. The first kappa shape index (κ1) is 12.8. The molecule has 1 heterocycles. The molecule has 0 aliphatic heterocycles. The zero-order valence-corrected chi connectivity index (χ0v) is 10.2. The second kappa shape index (κ2) is 5.83. The number of hydrogen-bond donors (Lipinski definition) is 2. The van der Waals surface area contributed by atoms with Crippen LogP contribution in [0.1, 0.15) is 11.1 Å². The van der Waals surface area contributed by atoms with Gasteiger partial charge in [-0.1, -0.05) is 18.2 Å². The van der Waals surface area contributed by atoms with Crippen LogP contribution in [0.4, 0.5) is 15.9 Å². The zero-order chi connectivity index (χ0) is 13.7. The van der Waals surface area contributed by atoms with Gasteiger partial charge in [0, 0.05) is 6.54 Å². The van der Waals surface area contributed by atoms with Crippen LogP contribution in [0.25, 0.3) is 0 Å². The molecule has 4 nitrogen and oxygen atoms in total. The van der Waals surface area contributed by atoms with Gasteiger partial charge in [-0.3, -0.25) is 0 Å². The van der Waals surface area contributed by atoms with Gasteiger partial charge in [0.25, 0.3) is 0 Å². The molecule has 1 aromatic heterocycles. The number of nitrogens with one attached hydrogen (secondary N) is 1. The van der Waals surface area contributed by atoms with Gasteiger partial charge in [-0.2, -0.15) is 5.26 Å². The molecule has 0 aliphatic rings. The van der Waals surface area contributed by atoms with Crippen molar-refractivity contribution in [3.63, 3.8) is 0 Å². The van der Waals surface area contributed by atoms with E-state index < -0.39 is 0 Å². The van der Waals surface area contributed by atoms with E-state index in [0.717, 1.165) is 0 Å². The summed E-state index contributed by atoms with van der Waals surface area (Å²) in [5.74, 6) is 0.239. The summed E-state index contributed by atoms with van der Waals surface area (Å²) >= 11 is 0. The van der Waals surface area contributed by atoms with Gasteiger partial charge in [0.15, 0.2) is 0 Å². The minimum absolute atomic E-state index is 0.227. The molecule has 0 fully saturated rings. The summed E-state index contributed by atoms with van der Waals surface area (Å²) in [5.41, 5.74) is 7.00. The fourth-order valence-corrected chi connectivity index (χ4v) is 1.72. The average Bonchev–Trinajstić information content (AvgIpc) is 2.42. The second-order valence-corrected chi connectivity index (χ2v) is 4.04. The van der Waals surface area contributed by atoms with E-state index in [4.69, 9.17) is 11.0 Å². The summed E-state index contributed by atoms with van der Waals surface area (Å²) in [6.45, 7) is 0.493. The number of nitrogens with two attached hydrogens (primary N) is 1. The molecule has 0 spiro atoms. The minimum atomic E-state index is -0.227. The van der Waals surface area contributed by atoms with E-state index in [1.54, 1.807) is 24.3 Å². The monoisotopic (exact) mass is 256 g/mol. The van der Waals surface area contributed by atoms with Crippen LogP contribution >= 0.6 is 0 Å². The highest BCUT2D eigenvalue weighted by atomic mass is 19.1. The Morgan fingerprint density at radius 1 is 1.37 bits per heavy atom. The highest BCUT2D eigenvalue weighted by Gasteiger charge is 2.05. The molecule has 0 saturated heterocycles. The van der Waals surface area contributed by atoms with Crippen molar-refractivity contribution in [2.75, 3.05) is 17.6 Å². The van der Waals surface area contributed by atoms with Gasteiger partial charge >= 0.3 is 0 Å². The molecule has 0 saturated carbocycles. The third-order valence-corrected chi connectivity index (χ3v) is 2.67. The van der Waals surface area contributed by atoms with Crippen LogP contribution in [0.3, 0.4) is 0 Å². The van der Waals surface area contributed by atoms with Gasteiger partial charge in [0.2, 0.25) is 0 Å². The third kappa shape index (κ3) is 3.19. The molecule has 5 heteroatoms. The van der Waals surface area contributed by atoms with Gasteiger partial charge in [-0.15, -0.1) is 0 Å². The van der Waals surface area contributed by atoms with Crippen LogP contribution in [0, 0.1) is 17.1 Å². The predicted octanol–water partition coefficient (Wildman–Crippen LogP) is 2.33. The maximum atomic E-state index is 13.4. The van der Waals surface area contributed by atoms with Crippen molar-refractivity contribution in [3.05, 3.63) is 53.5 Å². The van der Waals surface area contributed by atoms with Crippen molar-refractivity contribution in [2.24, 2.45) is 0 Å². The highest BCUT2D eigenvalue weighted by Crippen LogP contribution is 2.14. The lowest BCUT2D eigenvalue weighted by Gasteiger charge is -2.08. The van der Waals surface area contributed by atoms with Crippen molar-refractivity contribution in [2.45, 2.75) is 6.42 Å². The number of anilines is 2. The van der Waals surface area contributed by atoms with E-state index in [1.807, 2.05) is 6.07 Å². The van der Waals surface area contributed by atoms with E-state index in [-0.39, 0.29) is 5.82 Å². The summed E-state index contributed by atoms with van der Waals surface area (Å²) in [6, 6.07) is 10.2. The fourth-order valence-electron chi connectivity index (χ4n) is 1.72. The maximum absolute atomic E-state index is 13.4. The van der Waals surface area contributed by atoms with Crippen LogP contribution in [0.2, 0.25) is 0 Å². The number of nitrogens with zero attached hydrogens (tertiary/aromatic N) is 2. The summed E-state index contributed by atoms with van der Waals surface area (Å²) in [4.78, 5) is 4.05.